The molecule has 8 rings (SSSR count). The van der Waals surface area contributed by atoms with Crippen molar-refractivity contribution in [3.63, 3.8) is 0 Å². The van der Waals surface area contributed by atoms with Crippen LogP contribution in [0.15, 0.2) is 103 Å². The Morgan fingerprint density at radius 2 is 1.17 bits per heavy atom. The molecule has 6 aromatic rings. The fourth-order valence-corrected chi connectivity index (χ4v) is 6.66. The summed E-state index contributed by atoms with van der Waals surface area (Å²) in [5, 5.41) is 4.66. The second-order valence-corrected chi connectivity index (χ2v) is 16.7. The van der Waals surface area contributed by atoms with Gasteiger partial charge in [0.05, 0.1) is 26.9 Å². The average molecular weight is 1010 g/mol. The number of hydrogen-bond donors (Lipinski definition) is 3. The quantitative estimate of drug-likeness (QED) is 0.0430. The summed E-state index contributed by atoms with van der Waals surface area (Å²) in [5.41, 5.74) is 7.06. The SMILES string of the molecule is Cc1cc(Oc2cc(NC(=O)C3CC3)ncn2)ccc1CC(=O)Cc1ccc(Cl)c(C(F)(F)F)c1.Cc1cc(Oc2cc(NC(=O)C3CC3)ncn2)ccc1N.O=C=Nc1ccc(Cl)c(C(F)(F)F)c1. The van der Waals surface area contributed by atoms with Gasteiger partial charge in [0.1, 0.15) is 41.6 Å². The standard InChI is InChI=1S/C25H21ClF3N3O3.C15H16N4O2.C8H3ClF3NO/c1-14-8-19(35-23-12-22(30-13-31-23)32-24(34)16-3-4-16)6-5-17(14)11-18(33)9-15-2-7-21(26)20(10-15)25(27,28)29;1-9-6-11(4-5-12(9)16)21-14-7-13(17-8-18-14)19-15(20)10-2-3-10;9-7-2-1-5(13-4-14)3-6(7)8(10,11)12/h2,5-8,10,12-13,16H,3-4,9,11H2,1H3,(H,30,31,32,34);4-8,10H,2-3,16H2,1H3,(H,17,18,19,20);1-3H. The molecular weight excluding hydrogens is 969 g/mol. The van der Waals surface area contributed by atoms with E-state index in [2.05, 4.69) is 35.6 Å². The zero-order valence-electron chi connectivity index (χ0n) is 36.9. The van der Waals surface area contributed by atoms with E-state index in [9.17, 15) is 45.5 Å². The number of anilines is 3. The lowest BCUT2D eigenvalue weighted by Gasteiger charge is -2.12. The van der Waals surface area contributed by atoms with Crippen LogP contribution in [-0.4, -0.2) is 43.6 Å². The van der Waals surface area contributed by atoms with Gasteiger partial charge in [-0.2, -0.15) is 31.3 Å². The van der Waals surface area contributed by atoms with Gasteiger partial charge in [-0.1, -0.05) is 35.3 Å². The normalized spacial score (nSPS) is 13.0. The number of carbonyl (C=O) groups is 3. The molecule has 0 aliphatic heterocycles. The van der Waals surface area contributed by atoms with Crippen molar-refractivity contribution < 1.29 is 55.0 Å². The first-order valence-corrected chi connectivity index (χ1v) is 21.8. The van der Waals surface area contributed by atoms with Crippen LogP contribution in [0.3, 0.4) is 0 Å². The number of ether oxygens (including phenoxy) is 2. The number of nitrogens with two attached hydrogens (primary N) is 1. The Hall–Kier alpha value is -7.41. The Morgan fingerprint density at radius 3 is 1.66 bits per heavy atom. The minimum absolute atomic E-state index is 0.00276. The summed E-state index contributed by atoms with van der Waals surface area (Å²) in [7, 11) is 0. The molecule has 0 spiro atoms. The molecule has 2 fully saturated rings. The number of isocyanates is 1. The minimum Gasteiger partial charge on any atom is -0.439 e. The number of ketones is 1. The zero-order valence-corrected chi connectivity index (χ0v) is 38.4. The monoisotopic (exact) mass is 1010 g/mol. The molecule has 2 amide bonds. The van der Waals surface area contributed by atoms with Gasteiger partial charge in [-0.05, 0) is 122 Å². The van der Waals surface area contributed by atoms with Crippen LogP contribution in [0.2, 0.25) is 10.0 Å². The molecule has 22 heteroatoms. The van der Waals surface area contributed by atoms with E-state index < -0.39 is 33.5 Å². The first-order valence-electron chi connectivity index (χ1n) is 21.0. The molecule has 0 unspecified atom stereocenters. The Kier molecular flexibility index (Phi) is 16.9. The maximum atomic E-state index is 13.1. The van der Waals surface area contributed by atoms with Gasteiger partial charge < -0.3 is 25.8 Å². The second kappa shape index (κ2) is 22.8. The Bertz CT molecular complexity index is 2950. The fourth-order valence-electron chi connectivity index (χ4n) is 6.21. The number of alkyl halides is 6. The number of aryl methyl sites for hydroxylation is 2. The summed E-state index contributed by atoms with van der Waals surface area (Å²) >= 11 is 11.0. The Labute approximate surface area is 405 Å². The number of hydrogen-bond acceptors (Lipinski definition) is 12. The van der Waals surface area contributed by atoms with Crippen molar-refractivity contribution in [1.82, 2.24) is 19.9 Å². The van der Waals surface area contributed by atoms with Crippen molar-refractivity contribution in [2.75, 3.05) is 16.4 Å². The molecule has 14 nitrogen and oxygen atoms in total. The lowest BCUT2D eigenvalue weighted by atomic mass is 9.98. The summed E-state index contributed by atoms with van der Waals surface area (Å²) in [6.45, 7) is 3.71. The highest BCUT2D eigenvalue weighted by Gasteiger charge is 2.35. The molecule has 0 atom stereocenters. The number of carbonyl (C=O) groups excluding carboxylic acids is 4. The molecule has 70 heavy (non-hydrogen) atoms. The maximum absolute atomic E-state index is 13.1. The van der Waals surface area contributed by atoms with Gasteiger partial charge >= 0.3 is 12.4 Å². The van der Waals surface area contributed by atoms with Crippen LogP contribution in [0.25, 0.3) is 0 Å². The van der Waals surface area contributed by atoms with Gasteiger partial charge in [0.2, 0.25) is 29.7 Å². The van der Waals surface area contributed by atoms with E-state index >= 15 is 0 Å². The van der Waals surface area contributed by atoms with Crippen LogP contribution >= 0.6 is 23.2 Å². The highest BCUT2D eigenvalue weighted by Crippen LogP contribution is 2.38. The third kappa shape index (κ3) is 15.6. The molecule has 0 bridgehead atoms. The Morgan fingerprint density at radius 1 is 0.671 bits per heavy atom. The third-order valence-electron chi connectivity index (χ3n) is 10.2. The lowest BCUT2D eigenvalue weighted by Crippen LogP contribution is -2.14. The fraction of sp³-hybridized carbons (Fsp3) is 0.250. The van der Waals surface area contributed by atoms with Gasteiger partial charge in [-0.3, -0.25) is 14.4 Å². The van der Waals surface area contributed by atoms with E-state index in [-0.39, 0.29) is 59.4 Å². The number of halogens is 8. The van der Waals surface area contributed by atoms with E-state index in [1.807, 2.05) is 13.0 Å². The van der Waals surface area contributed by atoms with E-state index in [0.29, 0.717) is 40.8 Å². The largest absolute Gasteiger partial charge is 0.439 e. The van der Waals surface area contributed by atoms with Crippen LogP contribution in [0.5, 0.6) is 23.3 Å². The van der Waals surface area contributed by atoms with Crippen molar-refractivity contribution in [1.29, 1.82) is 0 Å². The number of nitrogen functional groups attached to an aromatic ring is 1. The molecule has 2 aliphatic rings. The van der Waals surface area contributed by atoms with Crippen molar-refractivity contribution in [3.05, 3.63) is 141 Å². The molecule has 2 saturated carbocycles. The number of amides is 2. The van der Waals surface area contributed by atoms with Crippen molar-refractivity contribution in [2.45, 2.75) is 64.7 Å². The van der Waals surface area contributed by atoms with Crippen molar-refractivity contribution in [2.24, 2.45) is 16.8 Å². The first-order chi connectivity index (χ1) is 33.1. The van der Waals surface area contributed by atoms with E-state index in [1.165, 1.54) is 30.9 Å². The highest BCUT2D eigenvalue weighted by molar-refractivity contribution is 6.31. The smallest absolute Gasteiger partial charge is 0.417 e. The average Bonchev–Trinajstić information content (AvgIpc) is 4.22. The molecule has 0 radical (unpaired) electrons. The second-order valence-electron chi connectivity index (χ2n) is 15.9. The molecule has 4 aromatic carbocycles. The number of benzene rings is 4. The molecule has 2 aromatic heterocycles. The van der Waals surface area contributed by atoms with E-state index in [1.54, 1.807) is 43.3 Å². The van der Waals surface area contributed by atoms with Crippen LogP contribution in [0.1, 0.15) is 59.1 Å². The molecule has 364 valence electrons. The van der Waals surface area contributed by atoms with Gasteiger partial charge in [-0.25, -0.2) is 24.7 Å². The van der Waals surface area contributed by atoms with E-state index in [4.69, 9.17) is 38.4 Å². The van der Waals surface area contributed by atoms with Gasteiger partial charge in [0.25, 0.3) is 0 Å². The molecule has 4 N–H and O–H groups in total. The number of aromatic nitrogens is 4. The van der Waals surface area contributed by atoms with Crippen LogP contribution < -0.4 is 25.8 Å². The van der Waals surface area contributed by atoms with Crippen LogP contribution in [0, 0.1) is 25.7 Å². The van der Waals surface area contributed by atoms with Gasteiger partial charge in [-0.15, -0.1) is 0 Å². The summed E-state index contributed by atoms with van der Waals surface area (Å²) < 4.78 is 87.3. The predicted molar refractivity (Wildman–Crippen MR) is 247 cm³/mol. The zero-order chi connectivity index (χ0) is 50.8. The Balaban J connectivity index is 0.000000193. The van der Waals surface area contributed by atoms with Gasteiger partial charge in [0.15, 0.2) is 0 Å². The lowest BCUT2D eigenvalue weighted by molar-refractivity contribution is -0.138. The molecule has 0 saturated heterocycles. The molecule has 2 aliphatic carbocycles. The predicted octanol–water partition coefficient (Wildman–Crippen LogP) is 11.8. The summed E-state index contributed by atoms with van der Waals surface area (Å²) in [4.78, 5) is 65.2. The van der Waals surface area contributed by atoms with Crippen molar-refractivity contribution in [3.8, 4) is 23.3 Å². The van der Waals surface area contributed by atoms with Crippen molar-refractivity contribution >= 4 is 69.9 Å². The number of aliphatic imine (C=N–C) groups is 1. The molecule has 2 heterocycles. The first kappa shape index (κ1) is 52.0. The van der Waals surface area contributed by atoms with Gasteiger partial charge in [0, 0.05) is 42.5 Å². The number of rotatable bonds is 13. The topological polar surface area (TPSA) is 201 Å². The summed E-state index contributed by atoms with van der Waals surface area (Å²) in [6, 6.07) is 20.0. The molecular formula is C48H40Cl2F6N8O6. The highest BCUT2D eigenvalue weighted by atomic mass is 35.5. The third-order valence-corrected chi connectivity index (χ3v) is 10.9. The summed E-state index contributed by atoms with van der Waals surface area (Å²) in [6.07, 6.45) is -1.77. The van der Waals surface area contributed by atoms with Crippen LogP contribution in [-0.2, 0) is 44.4 Å². The number of Topliss-reactive ketones (excluding diaryl/α,β-unsaturated/α-hetero) is 1. The summed E-state index contributed by atoms with van der Waals surface area (Å²) in [5.74, 6) is 2.40. The minimum atomic E-state index is -4.59. The number of nitrogens with zero attached hydrogens (tertiary/aromatic N) is 5. The van der Waals surface area contributed by atoms with E-state index in [0.717, 1.165) is 66.7 Å². The number of nitrogens with one attached hydrogen (secondary N) is 2. The maximum Gasteiger partial charge on any atom is 0.417 e. The van der Waals surface area contributed by atoms with Crippen LogP contribution in [0.4, 0.5) is 49.4 Å².